The summed E-state index contributed by atoms with van der Waals surface area (Å²) in [5, 5.41) is 4.49. The monoisotopic (exact) mass is 317 g/mol. The summed E-state index contributed by atoms with van der Waals surface area (Å²) >= 11 is 0. The number of hydrogen-bond acceptors (Lipinski definition) is 5. The van der Waals surface area contributed by atoms with Gasteiger partial charge in [0.25, 0.3) is 0 Å². The molecule has 0 saturated carbocycles. The Hall–Kier alpha value is -2.79. The van der Waals surface area contributed by atoms with Crippen molar-refractivity contribution >= 4 is 22.4 Å². The molecule has 120 valence electrons. The third-order valence-electron chi connectivity index (χ3n) is 4.36. The largest absolute Gasteiger partial charge is 0.340 e. The quantitative estimate of drug-likeness (QED) is 0.747. The van der Waals surface area contributed by atoms with Gasteiger partial charge in [-0.15, -0.1) is 0 Å². The Kier molecular flexibility index (Phi) is 3.92. The minimum Gasteiger partial charge on any atom is -0.340 e. The Morgan fingerprint density at radius 3 is 2.96 bits per heavy atom. The molecular weight excluding hydrogens is 298 g/mol. The van der Waals surface area contributed by atoms with Gasteiger partial charge in [0.1, 0.15) is 12.1 Å². The van der Waals surface area contributed by atoms with Crippen LogP contribution in [0.5, 0.6) is 0 Å². The molecule has 1 atom stereocenters. The van der Waals surface area contributed by atoms with Gasteiger partial charge >= 0.3 is 0 Å². The van der Waals surface area contributed by atoms with Gasteiger partial charge in [0.15, 0.2) is 0 Å². The van der Waals surface area contributed by atoms with Crippen LogP contribution in [0.3, 0.4) is 0 Å². The summed E-state index contributed by atoms with van der Waals surface area (Å²) in [6.07, 6.45) is 8.82. The van der Waals surface area contributed by atoms with Crippen molar-refractivity contribution in [3.63, 3.8) is 0 Å². The van der Waals surface area contributed by atoms with Gasteiger partial charge in [0.05, 0.1) is 17.3 Å². The van der Waals surface area contributed by atoms with Gasteiger partial charge in [-0.3, -0.25) is 9.88 Å². The molecule has 0 spiro atoms. The molecular formula is C19H19N5. The van der Waals surface area contributed by atoms with E-state index in [9.17, 15) is 0 Å². The van der Waals surface area contributed by atoms with E-state index >= 15 is 0 Å². The van der Waals surface area contributed by atoms with Gasteiger partial charge in [-0.2, -0.15) is 0 Å². The Morgan fingerprint density at radius 2 is 2.04 bits per heavy atom. The zero-order chi connectivity index (χ0) is 16.4. The number of fused-ring (bicyclic) bond motifs is 1. The molecule has 0 radical (unpaired) electrons. The lowest BCUT2D eigenvalue weighted by Gasteiger charge is -2.28. The molecule has 3 aromatic rings. The minimum absolute atomic E-state index is 0.303. The molecule has 3 heterocycles. The molecule has 0 saturated heterocycles. The lowest BCUT2D eigenvalue weighted by atomic mass is 10.1. The highest BCUT2D eigenvalue weighted by Crippen LogP contribution is 2.27. The van der Waals surface area contributed by atoms with E-state index in [1.54, 1.807) is 12.5 Å². The lowest BCUT2D eigenvalue weighted by molar-refractivity contribution is 0.255. The van der Waals surface area contributed by atoms with E-state index in [1.165, 1.54) is 0 Å². The van der Waals surface area contributed by atoms with E-state index in [0.717, 1.165) is 41.1 Å². The van der Waals surface area contributed by atoms with Crippen LogP contribution in [-0.2, 0) is 0 Å². The van der Waals surface area contributed by atoms with E-state index in [2.05, 4.69) is 56.5 Å². The van der Waals surface area contributed by atoms with Crippen LogP contribution in [0.15, 0.2) is 61.1 Å². The molecule has 0 bridgehead atoms. The van der Waals surface area contributed by atoms with E-state index in [1.807, 2.05) is 24.3 Å². The van der Waals surface area contributed by atoms with Gasteiger partial charge in [-0.25, -0.2) is 9.97 Å². The smallest absolute Gasteiger partial charge is 0.134 e. The van der Waals surface area contributed by atoms with Crippen molar-refractivity contribution in [2.45, 2.75) is 12.5 Å². The molecule has 0 amide bonds. The summed E-state index contributed by atoms with van der Waals surface area (Å²) in [6, 6.07) is 12.5. The van der Waals surface area contributed by atoms with Crippen molar-refractivity contribution < 1.29 is 0 Å². The van der Waals surface area contributed by atoms with Crippen molar-refractivity contribution in [3.05, 3.63) is 66.8 Å². The second kappa shape index (κ2) is 6.37. The first-order valence-corrected chi connectivity index (χ1v) is 8.08. The number of nitrogens with one attached hydrogen (secondary N) is 1. The van der Waals surface area contributed by atoms with Gasteiger partial charge in [0.2, 0.25) is 0 Å². The summed E-state index contributed by atoms with van der Waals surface area (Å²) in [7, 11) is 2.12. The van der Waals surface area contributed by atoms with Gasteiger partial charge in [-0.1, -0.05) is 24.3 Å². The molecule has 0 aliphatic carbocycles. The SMILES string of the molecule is CN1CC=CCC1c1cc(Nc2ccc3cccnc3c2)ncn1. The van der Waals surface area contributed by atoms with Crippen LogP contribution in [-0.4, -0.2) is 33.4 Å². The Morgan fingerprint density at radius 1 is 1.08 bits per heavy atom. The van der Waals surface area contributed by atoms with Crippen molar-refractivity contribution in [2.24, 2.45) is 0 Å². The maximum Gasteiger partial charge on any atom is 0.134 e. The van der Waals surface area contributed by atoms with E-state index in [-0.39, 0.29) is 0 Å². The van der Waals surface area contributed by atoms with Gasteiger partial charge in [-0.05, 0) is 31.7 Å². The molecule has 1 aromatic carbocycles. The van der Waals surface area contributed by atoms with Crippen molar-refractivity contribution in [1.82, 2.24) is 19.9 Å². The maximum atomic E-state index is 4.47. The van der Waals surface area contributed by atoms with E-state index in [0.29, 0.717) is 6.04 Å². The molecule has 1 unspecified atom stereocenters. The molecule has 5 heteroatoms. The van der Waals surface area contributed by atoms with Gasteiger partial charge < -0.3 is 5.32 Å². The third-order valence-corrected chi connectivity index (χ3v) is 4.36. The third kappa shape index (κ3) is 2.98. The fourth-order valence-electron chi connectivity index (χ4n) is 3.03. The van der Waals surface area contributed by atoms with Crippen LogP contribution < -0.4 is 5.32 Å². The van der Waals surface area contributed by atoms with E-state index < -0.39 is 0 Å². The van der Waals surface area contributed by atoms with Crippen LogP contribution in [0.4, 0.5) is 11.5 Å². The molecule has 5 nitrogen and oxygen atoms in total. The topological polar surface area (TPSA) is 53.9 Å². The summed E-state index contributed by atoms with van der Waals surface area (Å²) in [4.78, 5) is 15.5. The van der Waals surface area contributed by atoms with Crippen molar-refractivity contribution in [2.75, 3.05) is 18.9 Å². The Balaban J connectivity index is 1.59. The molecule has 24 heavy (non-hydrogen) atoms. The molecule has 2 aromatic heterocycles. The summed E-state index contributed by atoms with van der Waals surface area (Å²) < 4.78 is 0. The minimum atomic E-state index is 0.303. The second-order valence-electron chi connectivity index (χ2n) is 6.03. The maximum absolute atomic E-state index is 4.47. The normalized spacial score (nSPS) is 18.0. The van der Waals surface area contributed by atoms with E-state index in [4.69, 9.17) is 0 Å². The van der Waals surface area contributed by atoms with Crippen LogP contribution in [0.2, 0.25) is 0 Å². The lowest BCUT2D eigenvalue weighted by Crippen LogP contribution is -2.27. The Bertz CT molecular complexity index is 890. The van der Waals surface area contributed by atoms with Crippen LogP contribution in [0.25, 0.3) is 10.9 Å². The van der Waals surface area contributed by atoms with Gasteiger partial charge in [0, 0.05) is 29.9 Å². The van der Waals surface area contributed by atoms with Crippen LogP contribution in [0, 0.1) is 0 Å². The van der Waals surface area contributed by atoms with Crippen molar-refractivity contribution in [1.29, 1.82) is 0 Å². The molecule has 0 fully saturated rings. The van der Waals surface area contributed by atoms with Crippen LogP contribution >= 0.6 is 0 Å². The average Bonchev–Trinajstić information content (AvgIpc) is 2.62. The highest BCUT2D eigenvalue weighted by molar-refractivity contribution is 5.82. The highest BCUT2D eigenvalue weighted by Gasteiger charge is 2.19. The fraction of sp³-hybridized carbons (Fsp3) is 0.211. The summed E-state index contributed by atoms with van der Waals surface area (Å²) in [5.41, 5.74) is 2.98. The molecule has 1 aliphatic heterocycles. The van der Waals surface area contributed by atoms with Crippen molar-refractivity contribution in [3.8, 4) is 0 Å². The first kappa shape index (κ1) is 14.8. The highest BCUT2D eigenvalue weighted by atomic mass is 15.1. The first-order chi connectivity index (χ1) is 11.8. The summed E-state index contributed by atoms with van der Waals surface area (Å²) in [6.45, 7) is 0.952. The number of aromatic nitrogens is 3. The number of anilines is 2. The molecule has 1 aliphatic rings. The first-order valence-electron chi connectivity index (χ1n) is 8.08. The predicted octanol–water partition coefficient (Wildman–Crippen LogP) is 3.70. The number of benzene rings is 1. The number of hydrogen-bond donors (Lipinski definition) is 1. The zero-order valence-corrected chi connectivity index (χ0v) is 13.6. The standard InChI is InChI=1S/C19H19N5/c1-24-10-3-2-6-18(24)17-12-19(22-13-21-17)23-15-8-7-14-5-4-9-20-16(14)11-15/h2-5,7-9,11-13,18H,6,10H2,1H3,(H,21,22,23). The average molecular weight is 317 g/mol. The molecule has 4 rings (SSSR count). The predicted molar refractivity (Wildman–Crippen MR) is 96.2 cm³/mol. The zero-order valence-electron chi connectivity index (χ0n) is 13.6. The number of rotatable bonds is 3. The fourth-order valence-corrected chi connectivity index (χ4v) is 3.03. The number of nitrogens with zero attached hydrogens (tertiary/aromatic N) is 4. The summed E-state index contributed by atoms with van der Waals surface area (Å²) in [5.74, 6) is 0.804. The number of pyridine rings is 1. The second-order valence-corrected chi connectivity index (χ2v) is 6.03. The van der Waals surface area contributed by atoms with Crippen LogP contribution in [0.1, 0.15) is 18.2 Å². The molecule has 1 N–H and O–H groups in total. The number of likely N-dealkylation sites (N-methyl/N-ethyl adjacent to an activating group) is 1. The Labute approximate surface area is 141 Å².